The van der Waals surface area contributed by atoms with Crippen LogP contribution in [0.15, 0.2) is 48.5 Å². The molecule has 0 aromatic heterocycles. The van der Waals surface area contributed by atoms with E-state index in [4.69, 9.17) is 0 Å². The lowest BCUT2D eigenvalue weighted by molar-refractivity contribution is 0.199. The Hall–Kier alpha value is -1.80. The summed E-state index contributed by atoms with van der Waals surface area (Å²) in [7, 11) is 0. The Labute approximate surface area is 114 Å². The van der Waals surface area contributed by atoms with Crippen molar-refractivity contribution in [1.82, 2.24) is 0 Å². The summed E-state index contributed by atoms with van der Waals surface area (Å²) >= 11 is 0. The second-order valence-electron chi connectivity index (χ2n) is 5.29. The van der Waals surface area contributed by atoms with Crippen molar-refractivity contribution in [2.75, 3.05) is 4.90 Å². The van der Waals surface area contributed by atoms with Gasteiger partial charge >= 0.3 is 0 Å². The van der Waals surface area contributed by atoms with Gasteiger partial charge in [-0.1, -0.05) is 36.4 Å². The van der Waals surface area contributed by atoms with Gasteiger partial charge in [0.05, 0.1) is 6.10 Å². The molecule has 0 amide bonds. The van der Waals surface area contributed by atoms with Crippen molar-refractivity contribution in [3.05, 3.63) is 59.7 Å². The minimum Gasteiger partial charge on any atom is -0.389 e. The molecular formula is C17H19NO. The second kappa shape index (κ2) is 4.71. The number of benzene rings is 2. The maximum atomic E-state index is 9.97. The number of anilines is 2. The lowest BCUT2D eigenvalue weighted by Crippen LogP contribution is -2.25. The predicted molar refractivity (Wildman–Crippen MR) is 78.8 cm³/mol. The first-order valence-electron chi connectivity index (χ1n) is 6.82. The van der Waals surface area contributed by atoms with E-state index in [0.717, 1.165) is 17.7 Å². The molecule has 1 aliphatic rings. The van der Waals surface area contributed by atoms with Gasteiger partial charge in [0.25, 0.3) is 0 Å². The number of aliphatic hydroxyl groups is 1. The van der Waals surface area contributed by atoms with Gasteiger partial charge in [-0.05, 0) is 38.0 Å². The molecule has 1 N–H and O–H groups in total. The van der Waals surface area contributed by atoms with Crippen LogP contribution in [0.2, 0.25) is 0 Å². The smallest absolute Gasteiger partial charge is 0.0782 e. The molecule has 19 heavy (non-hydrogen) atoms. The molecule has 2 nitrogen and oxygen atoms in total. The van der Waals surface area contributed by atoms with Crippen LogP contribution in [0.4, 0.5) is 11.4 Å². The maximum absolute atomic E-state index is 9.97. The lowest BCUT2D eigenvalue weighted by atomic mass is 10.1. The third kappa shape index (κ3) is 2.02. The van der Waals surface area contributed by atoms with E-state index < -0.39 is 6.10 Å². The van der Waals surface area contributed by atoms with Crippen LogP contribution in [0.1, 0.15) is 31.1 Å². The Kier molecular flexibility index (Phi) is 3.03. The van der Waals surface area contributed by atoms with Gasteiger partial charge in [0.2, 0.25) is 0 Å². The Bertz CT molecular complexity index is 591. The molecule has 2 heteroatoms. The third-order valence-electron chi connectivity index (χ3n) is 3.85. The van der Waals surface area contributed by atoms with Crippen LogP contribution in [0.3, 0.4) is 0 Å². The van der Waals surface area contributed by atoms with Gasteiger partial charge in [-0.2, -0.15) is 0 Å². The number of aliphatic hydroxyl groups excluding tert-OH is 1. The van der Waals surface area contributed by atoms with Crippen LogP contribution in [0.5, 0.6) is 0 Å². The number of fused-ring (bicyclic) bond motifs is 1. The van der Waals surface area contributed by atoms with Gasteiger partial charge in [0.1, 0.15) is 0 Å². The maximum Gasteiger partial charge on any atom is 0.0782 e. The zero-order chi connectivity index (χ0) is 13.4. The van der Waals surface area contributed by atoms with E-state index in [2.05, 4.69) is 42.2 Å². The van der Waals surface area contributed by atoms with Crippen molar-refractivity contribution >= 4 is 11.4 Å². The summed E-state index contributed by atoms with van der Waals surface area (Å²) in [6.07, 6.45) is 0.612. The first kappa shape index (κ1) is 12.2. The monoisotopic (exact) mass is 253 g/mol. The van der Waals surface area contributed by atoms with Gasteiger partial charge in [-0.15, -0.1) is 0 Å². The normalized spacial score (nSPS) is 19.3. The number of para-hydroxylation sites is 2. The first-order valence-corrected chi connectivity index (χ1v) is 6.82. The molecule has 0 bridgehead atoms. The quantitative estimate of drug-likeness (QED) is 0.879. The van der Waals surface area contributed by atoms with Crippen molar-refractivity contribution in [2.45, 2.75) is 32.4 Å². The SMILES string of the molecule is CC1Cc2ccccc2N1c1ccccc1[C@H](C)O. The van der Waals surface area contributed by atoms with E-state index in [1.165, 1.54) is 11.3 Å². The van der Waals surface area contributed by atoms with Crippen LogP contribution >= 0.6 is 0 Å². The lowest BCUT2D eigenvalue weighted by Gasteiger charge is -2.28. The van der Waals surface area contributed by atoms with Crippen molar-refractivity contribution in [3.8, 4) is 0 Å². The Morgan fingerprint density at radius 3 is 2.42 bits per heavy atom. The summed E-state index contributed by atoms with van der Waals surface area (Å²) in [5, 5.41) is 9.97. The Balaban J connectivity index is 2.13. The molecule has 1 unspecified atom stereocenters. The molecule has 1 aliphatic heterocycles. The topological polar surface area (TPSA) is 23.5 Å². The van der Waals surface area contributed by atoms with Crippen LogP contribution in [-0.4, -0.2) is 11.1 Å². The number of hydrogen-bond donors (Lipinski definition) is 1. The zero-order valence-corrected chi connectivity index (χ0v) is 11.4. The van der Waals surface area contributed by atoms with Gasteiger partial charge in [-0.25, -0.2) is 0 Å². The highest BCUT2D eigenvalue weighted by Gasteiger charge is 2.28. The van der Waals surface area contributed by atoms with E-state index in [0.29, 0.717) is 6.04 Å². The van der Waals surface area contributed by atoms with E-state index >= 15 is 0 Å². The average Bonchev–Trinajstić information content (AvgIpc) is 2.74. The molecule has 3 rings (SSSR count). The van der Waals surface area contributed by atoms with Crippen molar-refractivity contribution in [1.29, 1.82) is 0 Å². The van der Waals surface area contributed by atoms with Crippen molar-refractivity contribution in [3.63, 3.8) is 0 Å². The highest BCUT2D eigenvalue weighted by atomic mass is 16.3. The van der Waals surface area contributed by atoms with Crippen LogP contribution < -0.4 is 4.90 Å². The summed E-state index contributed by atoms with van der Waals surface area (Å²) < 4.78 is 0. The summed E-state index contributed by atoms with van der Waals surface area (Å²) in [5.74, 6) is 0. The molecule has 0 fully saturated rings. The molecule has 1 heterocycles. The molecule has 0 radical (unpaired) electrons. The molecule has 2 atom stereocenters. The van der Waals surface area contributed by atoms with E-state index in [1.807, 2.05) is 25.1 Å². The fraction of sp³-hybridized carbons (Fsp3) is 0.294. The third-order valence-corrected chi connectivity index (χ3v) is 3.85. The first-order chi connectivity index (χ1) is 9.18. The zero-order valence-electron chi connectivity index (χ0n) is 11.4. The summed E-state index contributed by atoms with van der Waals surface area (Å²) in [5.41, 5.74) is 4.76. The minimum absolute atomic E-state index is 0.428. The van der Waals surface area contributed by atoms with Gasteiger partial charge in [0.15, 0.2) is 0 Å². The molecule has 98 valence electrons. The van der Waals surface area contributed by atoms with E-state index in [9.17, 15) is 5.11 Å². The highest BCUT2D eigenvalue weighted by molar-refractivity contribution is 5.73. The van der Waals surface area contributed by atoms with Crippen molar-refractivity contribution < 1.29 is 5.11 Å². The number of nitrogens with zero attached hydrogens (tertiary/aromatic N) is 1. The molecule has 2 aromatic rings. The molecule has 0 saturated heterocycles. The molecular weight excluding hydrogens is 234 g/mol. The minimum atomic E-state index is -0.448. The van der Waals surface area contributed by atoms with Crippen LogP contribution in [0, 0.1) is 0 Å². The fourth-order valence-electron chi connectivity index (χ4n) is 2.99. The summed E-state index contributed by atoms with van der Waals surface area (Å²) in [6.45, 7) is 4.06. The Morgan fingerprint density at radius 1 is 1.05 bits per heavy atom. The molecule has 0 aliphatic carbocycles. The standard InChI is InChI=1S/C17H19NO/c1-12-11-14-7-3-5-9-16(14)18(12)17-10-6-4-8-15(17)13(2)19/h3-10,12-13,19H,11H2,1-2H3/t12?,13-/m0/s1. The van der Waals surface area contributed by atoms with Crippen LogP contribution in [-0.2, 0) is 6.42 Å². The summed E-state index contributed by atoms with van der Waals surface area (Å²) in [6, 6.07) is 17.1. The predicted octanol–water partition coefficient (Wildman–Crippen LogP) is 3.82. The van der Waals surface area contributed by atoms with Gasteiger partial charge in [0, 0.05) is 23.0 Å². The largest absolute Gasteiger partial charge is 0.389 e. The molecule has 0 spiro atoms. The second-order valence-corrected chi connectivity index (χ2v) is 5.29. The van der Waals surface area contributed by atoms with E-state index in [1.54, 1.807) is 0 Å². The van der Waals surface area contributed by atoms with Gasteiger partial charge in [-0.3, -0.25) is 0 Å². The average molecular weight is 253 g/mol. The van der Waals surface area contributed by atoms with E-state index in [-0.39, 0.29) is 0 Å². The van der Waals surface area contributed by atoms with Crippen molar-refractivity contribution in [2.24, 2.45) is 0 Å². The summed E-state index contributed by atoms with van der Waals surface area (Å²) in [4.78, 5) is 2.34. The molecule has 2 aromatic carbocycles. The Morgan fingerprint density at radius 2 is 1.68 bits per heavy atom. The number of hydrogen-bond acceptors (Lipinski definition) is 2. The van der Waals surface area contributed by atoms with Crippen LogP contribution in [0.25, 0.3) is 0 Å². The number of rotatable bonds is 2. The highest BCUT2D eigenvalue weighted by Crippen LogP contribution is 2.40. The molecule has 0 saturated carbocycles. The fourth-order valence-corrected chi connectivity index (χ4v) is 2.99. The van der Waals surface area contributed by atoms with Gasteiger partial charge < -0.3 is 10.0 Å².